The number of benzene rings is 1. The van der Waals surface area contributed by atoms with Crippen molar-refractivity contribution in [3.63, 3.8) is 0 Å². The summed E-state index contributed by atoms with van der Waals surface area (Å²) >= 11 is 0. The van der Waals surface area contributed by atoms with Gasteiger partial charge in [0.15, 0.2) is 11.6 Å². The summed E-state index contributed by atoms with van der Waals surface area (Å²) in [6.07, 6.45) is 1.50. The van der Waals surface area contributed by atoms with E-state index in [-0.39, 0.29) is 23.7 Å². The first-order valence-electron chi connectivity index (χ1n) is 11.3. The molecule has 8 nitrogen and oxygen atoms in total. The fourth-order valence-corrected chi connectivity index (χ4v) is 4.43. The number of para-hydroxylation sites is 1. The molecule has 1 aliphatic rings. The molecule has 180 valence electrons. The van der Waals surface area contributed by atoms with E-state index < -0.39 is 5.82 Å². The Morgan fingerprint density at radius 1 is 1.20 bits per heavy atom. The smallest absolute Gasteiger partial charge is 0.255 e. The van der Waals surface area contributed by atoms with Gasteiger partial charge in [0.2, 0.25) is 0 Å². The molecule has 0 saturated carbocycles. The molecule has 0 radical (unpaired) electrons. The van der Waals surface area contributed by atoms with Crippen LogP contribution < -0.4 is 15.4 Å². The molecule has 0 aliphatic carbocycles. The number of aromatic nitrogens is 3. The zero-order chi connectivity index (χ0) is 24.7. The van der Waals surface area contributed by atoms with Crippen LogP contribution in [0, 0.1) is 5.82 Å². The maximum absolute atomic E-state index is 14.5. The molecule has 4 heterocycles. The van der Waals surface area contributed by atoms with E-state index in [0.29, 0.717) is 40.2 Å². The Morgan fingerprint density at radius 2 is 2.03 bits per heavy atom. The van der Waals surface area contributed by atoms with Crippen LogP contribution in [0.4, 0.5) is 15.8 Å². The molecule has 0 spiro atoms. The Hall–Kier alpha value is -3.98. The molecule has 5 rings (SSSR count). The van der Waals surface area contributed by atoms with Crippen molar-refractivity contribution in [3.8, 4) is 17.0 Å². The van der Waals surface area contributed by atoms with Crippen LogP contribution in [-0.2, 0) is 4.74 Å². The summed E-state index contributed by atoms with van der Waals surface area (Å²) in [5, 5.41) is 6.21. The average Bonchev–Trinajstić information content (AvgIpc) is 3.25. The van der Waals surface area contributed by atoms with Crippen molar-refractivity contribution in [2.45, 2.75) is 25.9 Å². The lowest BCUT2D eigenvalue weighted by molar-refractivity contribution is 0.0942. The van der Waals surface area contributed by atoms with Gasteiger partial charge in [-0.2, -0.15) is 0 Å². The lowest BCUT2D eigenvalue weighted by Gasteiger charge is -2.20. The second kappa shape index (κ2) is 8.99. The number of hydrogen-bond donors (Lipinski definition) is 3. The van der Waals surface area contributed by atoms with E-state index in [4.69, 9.17) is 14.5 Å². The van der Waals surface area contributed by atoms with E-state index >= 15 is 0 Å². The molecule has 3 aromatic heterocycles. The lowest BCUT2D eigenvalue weighted by atomic mass is 9.98. The predicted molar refractivity (Wildman–Crippen MR) is 132 cm³/mol. The van der Waals surface area contributed by atoms with E-state index in [1.54, 1.807) is 25.4 Å². The van der Waals surface area contributed by atoms with Crippen molar-refractivity contribution in [2.75, 3.05) is 26.1 Å². The van der Waals surface area contributed by atoms with Crippen LogP contribution >= 0.6 is 0 Å². The number of carbonyl (C=O) groups excluding carboxylic acids is 1. The molecule has 1 amide bonds. The van der Waals surface area contributed by atoms with Crippen molar-refractivity contribution in [2.24, 2.45) is 0 Å². The van der Waals surface area contributed by atoms with Crippen molar-refractivity contribution < 1.29 is 18.7 Å². The largest absolute Gasteiger partial charge is 0.492 e. The molecule has 2 atom stereocenters. The van der Waals surface area contributed by atoms with Crippen LogP contribution in [0.2, 0.25) is 0 Å². The van der Waals surface area contributed by atoms with E-state index in [0.717, 1.165) is 17.0 Å². The number of halogens is 1. The Balaban J connectivity index is 1.77. The van der Waals surface area contributed by atoms with Gasteiger partial charge in [0, 0.05) is 37.0 Å². The minimum atomic E-state index is -0.504. The molecule has 4 aromatic rings. The van der Waals surface area contributed by atoms with E-state index in [9.17, 15) is 9.18 Å². The molecule has 0 bridgehead atoms. The number of carbonyl (C=O) groups is 1. The van der Waals surface area contributed by atoms with Crippen molar-refractivity contribution in [1.29, 1.82) is 0 Å². The fraction of sp³-hybridized carbons (Fsp3) is 0.269. The zero-order valence-electron chi connectivity index (χ0n) is 19.9. The number of rotatable bonds is 6. The summed E-state index contributed by atoms with van der Waals surface area (Å²) in [5.41, 5.74) is 5.75. The molecule has 9 heteroatoms. The number of anilines is 2. The summed E-state index contributed by atoms with van der Waals surface area (Å²) in [7, 11) is 3.04. The van der Waals surface area contributed by atoms with E-state index in [2.05, 4.69) is 20.6 Å². The number of aromatic amines is 1. The van der Waals surface area contributed by atoms with Gasteiger partial charge in [-0.15, -0.1) is 0 Å². The number of H-pyrrole nitrogens is 1. The maximum Gasteiger partial charge on any atom is 0.255 e. The van der Waals surface area contributed by atoms with Gasteiger partial charge in [0.1, 0.15) is 0 Å². The SMILES string of the molecule is COc1c(F)cccc1Nc1c(-c2ccnc3ccc(C(C)OC)nc23)[nH]c2c1C(=O)NCC2C. The van der Waals surface area contributed by atoms with Crippen molar-refractivity contribution in [3.05, 3.63) is 65.4 Å². The second-order valence-electron chi connectivity index (χ2n) is 8.56. The van der Waals surface area contributed by atoms with E-state index in [1.165, 1.54) is 13.2 Å². The number of amides is 1. The van der Waals surface area contributed by atoms with Crippen LogP contribution in [0.1, 0.15) is 47.6 Å². The molecule has 1 aromatic carbocycles. The quantitative estimate of drug-likeness (QED) is 0.360. The third-order valence-corrected chi connectivity index (χ3v) is 6.39. The summed E-state index contributed by atoms with van der Waals surface area (Å²) < 4.78 is 25.2. The Morgan fingerprint density at radius 3 is 2.80 bits per heavy atom. The fourth-order valence-electron chi connectivity index (χ4n) is 4.43. The summed E-state index contributed by atoms with van der Waals surface area (Å²) in [4.78, 5) is 25.8. The first-order valence-corrected chi connectivity index (χ1v) is 11.3. The average molecular weight is 476 g/mol. The number of nitrogens with one attached hydrogen (secondary N) is 3. The highest BCUT2D eigenvalue weighted by Crippen LogP contribution is 2.42. The highest BCUT2D eigenvalue weighted by molar-refractivity contribution is 6.08. The van der Waals surface area contributed by atoms with Gasteiger partial charge in [0.25, 0.3) is 5.91 Å². The van der Waals surface area contributed by atoms with Gasteiger partial charge >= 0.3 is 0 Å². The van der Waals surface area contributed by atoms with Gasteiger partial charge < -0.3 is 25.1 Å². The molecular weight excluding hydrogens is 449 g/mol. The van der Waals surface area contributed by atoms with Crippen molar-refractivity contribution in [1.82, 2.24) is 20.3 Å². The minimum absolute atomic E-state index is 0.0524. The molecule has 35 heavy (non-hydrogen) atoms. The van der Waals surface area contributed by atoms with Crippen LogP contribution in [0.25, 0.3) is 22.3 Å². The summed E-state index contributed by atoms with van der Waals surface area (Å²) in [5.74, 6) is -0.600. The predicted octanol–water partition coefficient (Wildman–Crippen LogP) is 5.07. The molecule has 0 fully saturated rings. The standard InChI is InChI=1S/C26H26FN5O3/c1-13-12-29-26(33)20-21(13)32-23(24(20)31-19-7-5-6-16(27)25(19)35-4)15-10-11-28-18-9-8-17(14(2)34-3)30-22(15)18/h5-11,13-14,31-32H,12H2,1-4H3,(H,29,33). The van der Waals surface area contributed by atoms with Gasteiger partial charge in [-0.3, -0.25) is 9.78 Å². The lowest BCUT2D eigenvalue weighted by Crippen LogP contribution is -2.33. The highest BCUT2D eigenvalue weighted by Gasteiger charge is 2.32. The third kappa shape index (κ3) is 3.87. The molecule has 0 saturated heterocycles. The van der Waals surface area contributed by atoms with Gasteiger partial charge in [-0.05, 0) is 37.3 Å². The summed E-state index contributed by atoms with van der Waals surface area (Å²) in [6, 6.07) is 10.3. The van der Waals surface area contributed by atoms with E-state index in [1.807, 2.05) is 32.0 Å². The van der Waals surface area contributed by atoms with Crippen molar-refractivity contribution >= 4 is 28.3 Å². The highest BCUT2D eigenvalue weighted by atomic mass is 19.1. The topological polar surface area (TPSA) is 101 Å². The number of fused-ring (bicyclic) bond motifs is 2. The Labute approximate surface area is 201 Å². The number of methoxy groups -OCH3 is 2. The molecule has 2 unspecified atom stereocenters. The Bertz CT molecular complexity index is 1430. The number of nitrogens with zero attached hydrogens (tertiary/aromatic N) is 2. The van der Waals surface area contributed by atoms with Crippen LogP contribution in [0.3, 0.4) is 0 Å². The first kappa shape index (κ1) is 22.8. The first-order chi connectivity index (χ1) is 16.9. The van der Waals surface area contributed by atoms with Gasteiger partial charge in [-0.25, -0.2) is 9.37 Å². The monoisotopic (exact) mass is 475 g/mol. The molecule has 1 aliphatic heterocycles. The second-order valence-corrected chi connectivity index (χ2v) is 8.56. The molecule has 3 N–H and O–H groups in total. The summed E-state index contributed by atoms with van der Waals surface area (Å²) in [6.45, 7) is 4.47. The normalized spacial score (nSPS) is 16.0. The van der Waals surface area contributed by atoms with Crippen LogP contribution in [-0.4, -0.2) is 41.6 Å². The number of pyridine rings is 2. The van der Waals surface area contributed by atoms with Crippen LogP contribution in [0.15, 0.2) is 42.6 Å². The maximum atomic E-state index is 14.5. The Kier molecular flexibility index (Phi) is 5.86. The number of ether oxygens (including phenoxy) is 2. The zero-order valence-corrected chi connectivity index (χ0v) is 19.9. The third-order valence-electron chi connectivity index (χ3n) is 6.39. The van der Waals surface area contributed by atoms with Gasteiger partial charge in [0.05, 0.1) is 52.6 Å². The minimum Gasteiger partial charge on any atom is -0.492 e. The van der Waals surface area contributed by atoms with Gasteiger partial charge in [-0.1, -0.05) is 13.0 Å². The molecular formula is C26H26FN5O3. The number of hydrogen-bond acceptors (Lipinski definition) is 6. The van der Waals surface area contributed by atoms with Crippen LogP contribution in [0.5, 0.6) is 5.75 Å².